The molecule has 70 valence electrons. The van der Waals surface area contributed by atoms with E-state index in [4.69, 9.17) is 5.26 Å². The Kier molecular flexibility index (Phi) is 3.65. The molecule has 1 N–H and O–H groups in total. The van der Waals surface area contributed by atoms with Crippen LogP contribution in [0.2, 0.25) is 0 Å². The average molecular weight is 203 g/mol. The highest BCUT2D eigenvalue weighted by molar-refractivity contribution is 7.94. The topological polar surface area (TPSA) is 81.8 Å². The van der Waals surface area contributed by atoms with E-state index in [-0.39, 0.29) is 5.69 Å². The lowest BCUT2D eigenvalue weighted by molar-refractivity contribution is -0.432. The van der Waals surface area contributed by atoms with Crippen molar-refractivity contribution in [2.24, 2.45) is 0 Å². The largest absolute Gasteiger partial charge is 0.270 e. The Labute approximate surface area is 77.3 Å². The number of nitro groups is 1. The molecule has 1 aromatic rings. The van der Waals surface area contributed by atoms with Crippen molar-refractivity contribution >= 4 is 17.7 Å². The van der Waals surface area contributed by atoms with Crippen LogP contribution in [-0.4, -0.2) is 10.2 Å². The highest BCUT2D eigenvalue weighted by Crippen LogP contribution is 2.23. The molecule has 0 aliphatic rings. The Morgan fingerprint density at radius 2 is 2.31 bits per heavy atom. The molecular weight excluding hydrogens is 198 g/mol. The van der Waals surface area contributed by atoms with Gasteiger partial charge in [0, 0.05) is 17.0 Å². The molecule has 0 amide bonds. The van der Waals surface area contributed by atoms with Gasteiger partial charge in [-0.1, -0.05) is 11.1 Å². The third kappa shape index (κ3) is 2.99. The summed E-state index contributed by atoms with van der Waals surface area (Å²) in [6.45, 7) is 0. The van der Waals surface area contributed by atoms with E-state index in [9.17, 15) is 10.1 Å². The molecule has 0 radical (unpaired) electrons. The van der Waals surface area contributed by atoms with Crippen molar-refractivity contribution in [3.63, 3.8) is 0 Å². The van der Waals surface area contributed by atoms with Gasteiger partial charge in [0.25, 0.3) is 5.69 Å². The first-order valence-electron chi connectivity index (χ1n) is 3.13. The van der Waals surface area contributed by atoms with Gasteiger partial charge in [-0.05, 0) is 6.07 Å². The maximum absolute atomic E-state index is 10.3. The molecule has 0 bridgehead atoms. The minimum Gasteiger partial charge on any atom is -0.258 e. The van der Waals surface area contributed by atoms with E-state index in [0.717, 1.165) is 0 Å². The van der Waals surface area contributed by atoms with Crippen molar-refractivity contribution in [3.05, 3.63) is 34.4 Å². The number of hydrogen-bond acceptors (Lipinski definition) is 6. The van der Waals surface area contributed by atoms with Crippen molar-refractivity contribution in [1.29, 1.82) is 0 Å². The first-order valence-corrected chi connectivity index (χ1v) is 3.87. The number of hydrogen-bond donors (Lipinski definition) is 1. The zero-order valence-electron chi connectivity index (χ0n) is 6.25. The molecular formula is C6H5NO5S. The lowest BCUT2D eigenvalue weighted by Gasteiger charge is -1.96. The summed E-state index contributed by atoms with van der Waals surface area (Å²) in [7, 11) is 0. The summed E-state index contributed by atoms with van der Waals surface area (Å²) in [5, 5.41) is 21.5. The van der Waals surface area contributed by atoms with Crippen LogP contribution in [0.4, 0.5) is 5.69 Å². The van der Waals surface area contributed by atoms with Crippen LogP contribution in [0.5, 0.6) is 0 Å². The van der Waals surface area contributed by atoms with Crippen LogP contribution in [0.25, 0.3) is 0 Å². The molecule has 0 heterocycles. The molecule has 0 unspecified atom stereocenters. The fourth-order valence-electron chi connectivity index (χ4n) is 0.703. The predicted octanol–water partition coefficient (Wildman–Crippen LogP) is 2.02. The molecule has 0 atom stereocenters. The Morgan fingerprint density at radius 1 is 1.54 bits per heavy atom. The van der Waals surface area contributed by atoms with Crippen LogP contribution in [0.15, 0.2) is 29.2 Å². The first kappa shape index (κ1) is 9.93. The fourth-order valence-corrected chi connectivity index (χ4v) is 1.12. The smallest absolute Gasteiger partial charge is 0.258 e. The second-order valence-electron chi connectivity index (χ2n) is 1.98. The first-order chi connectivity index (χ1) is 6.24. The Morgan fingerprint density at radius 3 is 2.92 bits per heavy atom. The molecule has 7 heteroatoms. The summed E-state index contributed by atoms with van der Waals surface area (Å²) in [6.07, 6.45) is 0. The zero-order chi connectivity index (χ0) is 9.68. The van der Waals surface area contributed by atoms with Crippen LogP contribution in [0.1, 0.15) is 0 Å². The molecule has 1 rings (SSSR count). The highest BCUT2D eigenvalue weighted by atomic mass is 32.2. The molecule has 0 aliphatic heterocycles. The molecule has 0 fully saturated rings. The van der Waals surface area contributed by atoms with Gasteiger partial charge in [-0.25, -0.2) is 5.26 Å². The normalized spacial score (nSPS) is 9.92. The van der Waals surface area contributed by atoms with Crippen LogP contribution < -0.4 is 0 Å². The minimum atomic E-state index is -0.524. The summed E-state index contributed by atoms with van der Waals surface area (Å²) in [5.41, 5.74) is -0.0495. The van der Waals surface area contributed by atoms with Crippen molar-refractivity contribution < 1.29 is 19.6 Å². The average Bonchev–Trinajstić information content (AvgIpc) is 2.15. The monoisotopic (exact) mass is 203 g/mol. The summed E-state index contributed by atoms with van der Waals surface area (Å²) < 4.78 is 4.10. The Hall–Kier alpha value is -1.15. The second kappa shape index (κ2) is 4.77. The summed E-state index contributed by atoms with van der Waals surface area (Å²) >= 11 is 0.675. The van der Waals surface area contributed by atoms with Crippen molar-refractivity contribution in [2.75, 3.05) is 0 Å². The van der Waals surface area contributed by atoms with Gasteiger partial charge in [0.2, 0.25) is 0 Å². The van der Waals surface area contributed by atoms with Crippen LogP contribution in [0, 0.1) is 10.1 Å². The van der Waals surface area contributed by atoms with Crippen LogP contribution >= 0.6 is 12.0 Å². The maximum Gasteiger partial charge on any atom is 0.270 e. The van der Waals surface area contributed by atoms with Gasteiger partial charge < -0.3 is 0 Å². The van der Waals surface area contributed by atoms with Gasteiger partial charge in [-0.2, -0.15) is 0 Å². The number of nitro benzene ring substituents is 1. The molecule has 1 aromatic carbocycles. The Balaban J connectivity index is 2.73. The second-order valence-corrected chi connectivity index (χ2v) is 2.75. The third-order valence-corrected chi connectivity index (χ3v) is 1.76. The summed E-state index contributed by atoms with van der Waals surface area (Å²) in [5.74, 6) is 0. The zero-order valence-corrected chi connectivity index (χ0v) is 7.06. The fraction of sp³-hybridized carbons (Fsp3) is 0. The molecule has 6 nitrogen and oxygen atoms in total. The van der Waals surface area contributed by atoms with Crippen molar-refractivity contribution in [2.45, 2.75) is 4.90 Å². The van der Waals surface area contributed by atoms with E-state index in [1.165, 1.54) is 18.2 Å². The van der Waals surface area contributed by atoms with Gasteiger partial charge in [0.05, 0.1) is 17.0 Å². The van der Waals surface area contributed by atoms with Gasteiger partial charge >= 0.3 is 0 Å². The number of rotatable bonds is 4. The number of nitrogens with zero attached hydrogens (tertiary/aromatic N) is 1. The van der Waals surface area contributed by atoms with E-state index in [1.807, 2.05) is 0 Å². The van der Waals surface area contributed by atoms with E-state index < -0.39 is 4.92 Å². The molecule has 0 aromatic heterocycles. The predicted molar refractivity (Wildman–Crippen MR) is 43.8 cm³/mol. The van der Waals surface area contributed by atoms with Gasteiger partial charge in [0.1, 0.15) is 0 Å². The molecule has 0 saturated heterocycles. The molecule has 13 heavy (non-hydrogen) atoms. The number of benzene rings is 1. The highest BCUT2D eigenvalue weighted by Gasteiger charge is 2.06. The van der Waals surface area contributed by atoms with E-state index in [2.05, 4.69) is 9.37 Å². The molecule has 0 aliphatic carbocycles. The van der Waals surface area contributed by atoms with Crippen LogP contribution in [-0.2, 0) is 9.37 Å². The quantitative estimate of drug-likeness (QED) is 0.349. The van der Waals surface area contributed by atoms with Crippen molar-refractivity contribution in [1.82, 2.24) is 0 Å². The van der Waals surface area contributed by atoms with Gasteiger partial charge in [-0.3, -0.25) is 10.1 Å². The summed E-state index contributed by atoms with van der Waals surface area (Å²) in [4.78, 5) is 10.2. The Bertz CT molecular complexity index is 305. The minimum absolute atomic E-state index is 0.0495. The standard InChI is InChI=1S/C6H5NO5S/c8-7(9)5-2-1-3-6(4-5)13-12-11-10/h1-4,10H. The van der Waals surface area contributed by atoms with Gasteiger partial charge in [-0.15, -0.1) is 4.33 Å². The van der Waals surface area contributed by atoms with E-state index in [1.54, 1.807) is 6.07 Å². The van der Waals surface area contributed by atoms with Gasteiger partial charge in [0.15, 0.2) is 0 Å². The van der Waals surface area contributed by atoms with E-state index >= 15 is 0 Å². The van der Waals surface area contributed by atoms with E-state index in [0.29, 0.717) is 16.9 Å². The number of non-ortho nitro benzene ring substituents is 1. The maximum atomic E-state index is 10.3. The SMILES string of the molecule is O=[N+]([O-])c1cccc(SOOO)c1. The summed E-state index contributed by atoms with van der Waals surface area (Å²) in [6, 6.07) is 5.73. The van der Waals surface area contributed by atoms with Crippen molar-refractivity contribution in [3.8, 4) is 0 Å². The third-order valence-electron chi connectivity index (χ3n) is 1.19. The molecule has 0 saturated carbocycles. The lowest BCUT2D eigenvalue weighted by Crippen LogP contribution is -1.87. The lowest BCUT2D eigenvalue weighted by atomic mass is 10.3. The van der Waals surface area contributed by atoms with Crippen LogP contribution in [0.3, 0.4) is 0 Å². The molecule has 0 spiro atoms.